The molecule has 1 aromatic carbocycles. The van der Waals surface area contributed by atoms with E-state index in [2.05, 4.69) is 10.3 Å². The van der Waals surface area contributed by atoms with E-state index in [9.17, 15) is 13.2 Å². The van der Waals surface area contributed by atoms with E-state index >= 15 is 0 Å². The molecule has 0 aliphatic rings. The van der Waals surface area contributed by atoms with Gasteiger partial charge >= 0.3 is 0 Å². The molecule has 1 aromatic heterocycles. The summed E-state index contributed by atoms with van der Waals surface area (Å²) in [5.41, 5.74) is 0. The highest BCUT2D eigenvalue weighted by Crippen LogP contribution is 2.24. The smallest absolute Gasteiger partial charge is 0.241 e. The SMILES string of the molecule is CC(C)(C(=O)NCCSc1ccccc1)S(=O)(=O)c1ccccn1. The first-order valence-electron chi connectivity index (χ1n) is 7.47. The van der Waals surface area contributed by atoms with Crippen molar-refractivity contribution in [1.29, 1.82) is 0 Å². The number of aromatic nitrogens is 1. The number of sulfone groups is 1. The van der Waals surface area contributed by atoms with Gasteiger partial charge in [0, 0.05) is 23.4 Å². The van der Waals surface area contributed by atoms with Crippen LogP contribution in [0.5, 0.6) is 0 Å². The van der Waals surface area contributed by atoms with E-state index in [1.54, 1.807) is 23.9 Å². The summed E-state index contributed by atoms with van der Waals surface area (Å²) in [5, 5.41) is 2.61. The molecule has 2 rings (SSSR count). The van der Waals surface area contributed by atoms with Crippen LogP contribution in [0.3, 0.4) is 0 Å². The van der Waals surface area contributed by atoms with Crippen molar-refractivity contribution in [2.24, 2.45) is 0 Å². The average Bonchev–Trinajstić information content (AvgIpc) is 2.60. The summed E-state index contributed by atoms with van der Waals surface area (Å²) in [4.78, 5) is 17.3. The monoisotopic (exact) mass is 364 g/mol. The lowest BCUT2D eigenvalue weighted by atomic mass is 10.2. The molecule has 0 saturated carbocycles. The molecule has 0 radical (unpaired) electrons. The zero-order valence-electron chi connectivity index (χ0n) is 13.6. The Hall–Kier alpha value is -1.86. The van der Waals surface area contributed by atoms with Crippen molar-refractivity contribution >= 4 is 27.5 Å². The number of hydrogen-bond acceptors (Lipinski definition) is 5. The number of nitrogens with zero attached hydrogens (tertiary/aromatic N) is 1. The average molecular weight is 364 g/mol. The zero-order chi connectivity index (χ0) is 17.6. The van der Waals surface area contributed by atoms with E-state index in [1.165, 1.54) is 26.1 Å². The summed E-state index contributed by atoms with van der Waals surface area (Å²) in [7, 11) is -3.86. The third kappa shape index (κ3) is 4.15. The normalized spacial score (nSPS) is 11.9. The van der Waals surface area contributed by atoms with Crippen LogP contribution in [0.2, 0.25) is 0 Å². The zero-order valence-corrected chi connectivity index (χ0v) is 15.2. The minimum Gasteiger partial charge on any atom is -0.354 e. The van der Waals surface area contributed by atoms with Crippen LogP contribution in [0.25, 0.3) is 0 Å². The Bertz CT molecular complexity index is 776. The van der Waals surface area contributed by atoms with Gasteiger partial charge in [0.1, 0.15) is 0 Å². The van der Waals surface area contributed by atoms with Gasteiger partial charge in [-0.3, -0.25) is 4.79 Å². The van der Waals surface area contributed by atoms with Crippen LogP contribution in [0.15, 0.2) is 64.6 Å². The van der Waals surface area contributed by atoms with Crippen molar-refractivity contribution in [3.8, 4) is 0 Å². The Kier molecular flexibility index (Phi) is 6.01. The predicted molar refractivity (Wildman–Crippen MR) is 95.7 cm³/mol. The van der Waals surface area contributed by atoms with Crippen molar-refractivity contribution in [1.82, 2.24) is 10.3 Å². The van der Waals surface area contributed by atoms with Gasteiger partial charge in [-0.25, -0.2) is 13.4 Å². The fourth-order valence-corrected chi connectivity index (χ4v) is 4.04. The van der Waals surface area contributed by atoms with Crippen LogP contribution in [-0.2, 0) is 14.6 Å². The van der Waals surface area contributed by atoms with Gasteiger partial charge in [-0.15, -0.1) is 11.8 Å². The van der Waals surface area contributed by atoms with Crippen LogP contribution in [0.4, 0.5) is 0 Å². The maximum atomic E-state index is 12.6. The number of carbonyl (C=O) groups excluding carboxylic acids is 1. The number of benzene rings is 1. The molecule has 1 N–H and O–H groups in total. The molecule has 7 heteroatoms. The highest BCUT2D eigenvalue weighted by atomic mass is 32.2. The van der Waals surface area contributed by atoms with E-state index in [4.69, 9.17) is 0 Å². The van der Waals surface area contributed by atoms with Crippen molar-refractivity contribution in [3.63, 3.8) is 0 Å². The van der Waals surface area contributed by atoms with Gasteiger partial charge in [0.05, 0.1) is 0 Å². The topological polar surface area (TPSA) is 76.1 Å². The van der Waals surface area contributed by atoms with Gasteiger partial charge in [0.15, 0.2) is 9.77 Å². The maximum Gasteiger partial charge on any atom is 0.241 e. The minimum atomic E-state index is -3.86. The molecule has 128 valence electrons. The summed E-state index contributed by atoms with van der Waals surface area (Å²) in [6, 6.07) is 14.4. The third-order valence-electron chi connectivity index (χ3n) is 3.53. The van der Waals surface area contributed by atoms with Crippen molar-refractivity contribution in [2.45, 2.75) is 28.5 Å². The lowest BCUT2D eigenvalue weighted by Gasteiger charge is -2.23. The van der Waals surface area contributed by atoms with Gasteiger partial charge in [-0.05, 0) is 38.1 Å². The summed E-state index contributed by atoms with van der Waals surface area (Å²) in [6.45, 7) is 3.19. The minimum absolute atomic E-state index is 0.0937. The molecular weight excluding hydrogens is 344 g/mol. The standard InChI is InChI=1S/C17H20N2O3S2/c1-17(2,24(21,22)15-10-6-7-11-18-15)16(20)19-12-13-23-14-8-4-3-5-9-14/h3-11H,12-13H2,1-2H3,(H,19,20). The van der Waals surface area contributed by atoms with Crippen LogP contribution < -0.4 is 5.32 Å². The first kappa shape index (κ1) is 18.5. The summed E-state index contributed by atoms with van der Waals surface area (Å²) >= 11 is 1.60. The second-order valence-electron chi connectivity index (χ2n) is 5.60. The molecule has 0 saturated heterocycles. The first-order chi connectivity index (χ1) is 11.4. The Morgan fingerprint density at radius 3 is 2.42 bits per heavy atom. The number of hydrogen-bond donors (Lipinski definition) is 1. The molecule has 0 aliphatic heterocycles. The lowest BCUT2D eigenvalue weighted by Crippen LogP contribution is -2.48. The molecule has 24 heavy (non-hydrogen) atoms. The van der Waals surface area contributed by atoms with Crippen LogP contribution in [-0.4, -0.2) is 36.4 Å². The van der Waals surface area contributed by atoms with Gasteiger partial charge in [0.2, 0.25) is 15.7 Å². The maximum absolute atomic E-state index is 12.6. The Morgan fingerprint density at radius 1 is 1.12 bits per heavy atom. The van der Waals surface area contributed by atoms with E-state index < -0.39 is 20.5 Å². The Labute approximate surface area is 146 Å². The van der Waals surface area contributed by atoms with Gasteiger partial charge in [0.25, 0.3) is 0 Å². The number of pyridine rings is 1. The van der Waals surface area contributed by atoms with Crippen molar-refractivity contribution in [3.05, 3.63) is 54.7 Å². The molecule has 0 bridgehead atoms. The molecule has 0 atom stereocenters. The molecule has 0 unspecified atom stereocenters. The molecule has 0 aliphatic carbocycles. The van der Waals surface area contributed by atoms with Crippen LogP contribution in [0, 0.1) is 0 Å². The van der Waals surface area contributed by atoms with Crippen molar-refractivity contribution < 1.29 is 13.2 Å². The summed E-state index contributed by atoms with van der Waals surface area (Å²) in [6.07, 6.45) is 1.40. The number of rotatable bonds is 7. The van der Waals surface area contributed by atoms with Crippen molar-refractivity contribution in [2.75, 3.05) is 12.3 Å². The predicted octanol–water partition coefficient (Wildman–Crippen LogP) is 2.54. The van der Waals surface area contributed by atoms with Gasteiger partial charge in [-0.2, -0.15) is 0 Å². The molecule has 1 amide bonds. The molecule has 0 fully saturated rings. The van der Waals surface area contributed by atoms with E-state index in [0.29, 0.717) is 12.3 Å². The molecular formula is C17H20N2O3S2. The highest BCUT2D eigenvalue weighted by Gasteiger charge is 2.43. The second-order valence-corrected chi connectivity index (χ2v) is 9.21. The van der Waals surface area contributed by atoms with Gasteiger partial charge in [-0.1, -0.05) is 24.3 Å². The van der Waals surface area contributed by atoms with E-state index in [1.807, 2.05) is 30.3 Å². The number of thioether (sulfide) groups is 1. The third-order valence-corrected chi connectivity index (χ3v) is 6.87. The fraction of sp³-hybridized carbons (Fsp3) is 0.294. The lowest BCUT2D eigenvalue weighted by molar-refractivity contribution is -0.122. The van der Waals surface area contributed by atoms with Gasteiger partial charge < -0.3 is 5.32 Å². The summed E-state index contributed by atoms with van der Waals surface area (Å²) in [5.74, 6) is 0.136. The molecule has 2 aromatic rings. The molecule has 5 nitrogen and oxygen atoms in total. The largest absolute Gasteiger partial charge is 0.354 e. The Morgan fingerprint density at radius 2 is 1.79 bits per heavy atom. The van der Waals surface area contributed by atoms with E-state index in [-0.39, 0.29) is 5.03 Å². The Balaban J connectivity index is 1.95. The molecule has 1 heterocycles. The fourth-order valence-electron chi connectivity index (χ4n) is 1.95. The highest BCUT2D eigenvalue weighted by molar-refractivity contribution is 7.99. The van der Waals surface area contributed by atoms with Crippen LogP contribution >= 0.6 is 11.8 Å². The number of amides is 1. The van der Waals surface area contributed by atoms with E-state index in [0.717, 1.165) is 4.90 Å². The van der Waals surface area contributed by atoms with Crippen LogP contribution in [0.1, 0.15) is 13.8 Å². The summed E-state index contributed by atoms with van der Waals surface area (Å²) < 4.78 is 23.7. The second kappa shape index (κ2) is 7.81. The number of nitrogens with one attached hydrogen (secondary N) is 1. The number of carbonyl (C=O) groups is 1. The molecule has 0 spiro atoms. The first-order valence-corrected chi connectivity index (χ1v) is 9.94. The quantitative estimate of drug-likeness (QED) is 0.603.